The highest BCUT2D eigenvalue weighted by molar-refractivity contribution is 7.25. The fourth-order valence-corrected chi connectivity index (χ4v) is 3.59. The van der Waals surface area contributed by atoms with Crippen LogP contribution in [0.5, 0.6) is 0 Å². The van der Waals surface area contributed by atoms with Crippen molar-refractivity contribution in [3.8, 4) is 0 Å². The Morgan fingerprint density at radius 3 is 2.00 bits per heavy atom. The zero-order valence-corrected chi connectivity index (χ0v) is 14.4. The average Bonchev–Trinajstić information content (AvgIpc) is 2.73. The number of thiophene rings is 1. The van der Waals surface area contributed by atoms with E-state index in [2.05, 4.69) is 65.8 Å². The van der Waals surface area contributed by atoms with Crippen LogP contribution in [0, 0.1) is 0 Å². The molecule has 0 saturated carbocycles. The van der Waals surface area contributed by atoms with Crippen LogP contribution >= 0.6 is 11.3 Å². The van der Waals surface area contributed by atoms with Crippen LogP contribution in [-0.4, -0.2) is 9.97 Å². The molecule has 1 aromatic carbocycles. The molecule has 2 nitrogen and oxygen atoms in total. The van der Waals surface area contributed by atoms with E-state index >= 15 is 0 Å². The fourth-order valence-electron chi connectivity index (χ4n) is 2.57. The van der Waals surface area contributed by atoms with E-state index in [-0.39, 0.29) is 10.8 Å². The molecule has 2 aromatic heterocycles. The summed E-state index contributed by atoms with van der Waals surface area (Å²) in [5.74, 6) is 0. The van der Waals surface area contributed by atoms with Crippen molar-refractivity contribution in [2.45, 2.75) is 52.4 Å². The fraction of sp³-hybridized carbons (Fsp3) is 0.444. The third-order valence-corrected chi connectivity index (χ3v) is 4.69. The molecule has 3 aromatic rings. The molecule has 0 aliphatic heterocycles. The smallest absolute Gasteiger partial charge is 0.143 e. The van der Waals surface area contributed by atoms with Gasteiger partial charge in [-0.15, -0.1) is 11.3 Å². The van der Waals surface area contributed by atoms with Crippen LogP contribution in [0.4, 0.5) is 0 Å². The van der Waals surface area contributed by atoms with Gasteiger partial charge in [-0.1, -0.05) is 59.7 Å². The number of hydrogen-bond acceptors (Lipinski definition) is 3. The van der Waals surface area contributed by atoms with Crippen LogP contribution in [0.25, 0.3) is 20.4 Å². The molecule has 0 fully saturated rings. The Kier molecular flexibility index (Phi) is 3.10. The average molecular weight is 298 g/mol. The number of hydrogen-bond donors (Lipinski definition) is 0. The maximum atomic E-state index is 5.05. The van der Waals surface area contributed by atoms with Crippen LogP contribution in [0.3, 0.4) is 0 Å². The van der Waals surface area contributed by atoms with E-state index in [1.165, 1.54) is 10.1 Å². The Morgan fingerprint density at radius 1 is 0.810 bits per heavy atom. The summed E-state index contributed by atoms with van der Waals surface area (Å²) in [4.78, 5) is 11.1. The lowest BCUT2D eigenvalue weighted by Crippen LogP contribution is -2.25. The van der Waals surface area contributed by atoms with Crippen LogP contribution < -0.4 is 0 Å². The van der Waals surface area contributed by atoms with Gasteiger partial charge in [-0.3, -0.25) is 0 Å². The van der Waals surface area contributed by atoms with Crippen LogP contribution in [0.15, 0.2) is 24.3 Å². The highest BCUT2D eigenvalue weighted by Gasteiger charge is 2.29. The van der Waals surface area contributed by atoms with E-state index in [0.717, 1.165) is 21.7 Å². The van der Waals surface area contributed by atoms with Crippen molar-refractivity contribution in [3.63, 3.8) is 0 Å². The van der Waals surface area contributed by atoms with Crippen LogP contribution in [0.2, 0.25) is 0 Å². The number of rotatable bonds is 0. The van der Waals surface area contributed by atoms with Gasteiger partial charge in [-0.2, -0.15) is 0 Å². The quantitative estimate of drug-likeness (QED) is 0.552. The number of benzene rings is 1. The minimum atomic E-state index is -0.00710. The van der Waals surface area contributed by atoms with Gasteiger partial charge in [0.2, 0.25) is 0 Å². The lowest BCUT2D eigenvalue weighted by molar-refractivity contribution is 0.503. The molecule has 3 heteroatoms. The highest BCUT2D eigenvalue weighted by Crippen LogP contribution is 2.37. The maximum absolute atomic E-state index is 5.05. The predicted molar refractivity (Wildman–Crippen MR) is 92.3 cm³/mol. The lowest BCUT2D eigenvalue weighted by Gasteiger charge is -2.27. The second-order valence-corrected chi connectivity index (χ2v) is 8.70. The summed E-state index contributed by atoms with van der Waals surface area (Å²) in [6, 6.07) is 8.45. The van der Waals surface area contributed by atoms with Gasteiger partial charge in [-0.25, -0.2) is 9.97 Å². The Hall–Kier alpha value is -1.48. The topological polar surface area (TPSA) is 25.8 Å². The molecule has 0 amide bonds. The Bertz CT molecular complexity index is 817. The molecule has 0 bridgehead atoms. The number of aromatic nitrogens is 2. The first kappa shape index (κ1) is 14.5. The molecule has 110 valence electrons. The summed E-state index contributed by atoms with van der Waals surface area (Å²) < 4.78 is 1.26. The van der Waals surface area contributed by atoms with Crippen molar-refractivity contribution in [1.82, 2.24) is 9.97 Å². The number of nitrogens with zero attached hydrogens (tertiary/aromatic N) is 2. The van der Waals surface area contributed by atoms with Crippen molar-refractivity contribution in [2.24, 2.45) is 0 Å². The second-order valence-electron chi connectivity index (χ2n) is 7.67. The summed E-state index contributed by atoms with van der Waals surface area (Å²) in [6.07, 6.45) is 0. The molecule has 0 N–H and O–H groups in total. The van der Waals surface area contributed by atoms with Crippen molar-refractivity contribution < 1.29 is 0 Å². The van der Waals surface area contributed by atoms with Gasteiger partial charge < -0.3 is 0 Å². The van der Waals surface area contributed by atoms with E-state index in [9.17, 15) is 0 Å². The van der Waals surface area contributed by atoms with Crippen molar-refractivity contribution in [1.29, 1.82) is 0 Å². The van der Waals surface area contributed by atoms with Gasteiger partial charge in [0.1, 0.15) is 10.3 Å². The first-order valence-corrected chi connectivity index (χ1v) is 8.20. The normalized spacial score (nSPS) is 13.2. The van der Waals surface area contributed by atoms with Crippen LogP contribution in [0.1, 0.15) is 52.9 Å². The standard InChI is InChI=1S/C18H22N2S/c1-17(2,3)14-15(18(4,5)6)20-16-13(19-14)11-9-7-8-10-12(11)21-16/h7-10H,1-6H3. The molecule has 0 atom stereocenters. The van der Waals surface area contributed by atoms with Crippen molar-refractivity contribution in [2.75, 3.05) is 0 Å². The minimum absolute atomic E-state index is 0.0000220. The van der Waals surface area contributed by atoms with Gasteiger partial charge in [0.15, 0.2) is 0 Å². The molecule has 0 unspecified atom stereocenters. The SMILES string of the molecule is CC(C)(C)c1nc2sc3ccccc3c2nc1C(C)(C)C. The van der Waals surface area contributed by atoms with Crippen molar-refractivity contribution >= 4 is 31.8 Å². The summed E-state index contributed by atoms with van der Waals surface area (Å²) in [5.41, 5.74) is 3.28. The molecule has 3 rings (SSSR count). The zero-order chi connectivity index (χ0) is 15.4. The van der Waals surface area contributed by atoms with E-state index in [1.807, 2.05) is 0 Å². The Balaban J connectivity index is 2.44. The largest absolute Gasteiger partial charge is 0.247 e. The summed E-state index contributed by atoms with van der Waals surface area (Å²) >= 11 is 1.74. The van der Waals surface area contributed by atoms with E-state index in [4.69, 9.17) is 9.97 Å². The molecular formula is C18H22N2S. The summed E-state index contributed by atoms with van der Waals surface area (Å²) in [7, 11) is 0. The van der Waals surface area contributed by atoms with Gasteiger partial charge in [0.05, 0.1) is 11.4 Å². The Labute approximate surface area is 130 Å². The molecule has 21 heavy (non-hydrogen) atoms. The third kappa shape index (κ3) is 2.44. The van der Waals surface area contributed by atoms with Gasteiger partial charge in [0.25, 0.3) is 0 Å². The molecule has 0 aliphatic carbocycles. The van der Waals surface area contributed by atoms with Gasteiger partial charge in [-0.05, 0) is 6.07 Å². The summed E-state index contributed by atoms with van der Waals surface area (Å²) in [5, 5.41) is 1.22. The Morgan fingerprint density at radius 2 is 1.38 bits per heavy atom. The van der Waals surface area contributed by atoms with E-state index < -0.39 is 0 Å². The molecule has 0 spiro atoms. The van der Waals surface area contributed by atoms with Crippen LogP contribution in [-0.2, 0) is 10.8 Å². The predicted octanol–water partition coefficient (Wildman–Crippen LogP) is 5.44. The van der Waals surface area contributed by atoms with Gasteiger partial charge >= 0.3 is 0 Å². The van der Waals surface area contributed by atoms with E-state index in [0.29, 0.717) is 0 Å². The highest BCUT2D eigenvalue weighted by atomic mass is 32.1. The molecule has 0 aliphatic rings. The second kappa shape index (κ2) is 4.51. The van der Waals surface area contributed by atoms with Crippen molar-refractivity contribution in [3.05, 3.63) is 35.7 Å². The minimum Gasteiger partial charge on any atom is -0.247 e. The molecule has 0 radical (unpaired) electrons. The molecule has 2 heterocycles. The monoisotopic (exact) mass is 298 g/mol. The lowest BCUT2D eigenvalue weighted by atomic mass is 9.81. The van der Waals surface area contributed by atoms with Gasteiger partial charge in [0, 0.05) is 20.9 Å². The van der Waals surface area contributed by atoms with E-state index in [1.54, 1.807) is 11.3 Å². The zero-order valence-electron chi connectivity index (χ0n) is 13.6. The summed E-state index contributed by atoms with van der Waals surface area (Å²) in [6.45, 7) is 13.3. The first-order chi connectivity index (χ1) is 9.68. The molecule has 0 saturated heterocycles. The number of fused-ring (bicyclic) bond motifs is 3. The first-order valence-electron chi connectivity index (χ1n) is 7.38. The third-order valence-electron chi connectivity index (χ3n) is 3.63. The maximum Gasteiger partial charge on any atom is 0.143 e. The molecular weight excluding hydrogens is 276 g/mol.